The summed E-state index contributed by atoms with van der Waals surface area (Å²) in [5.74, 6) is 0.0376. The van der Waals surface area contributed by atoms with E-state index < -0.39 is 5.82 Å². The summed E-state index contributed by atoms with van der Waals surface area (Å²) in [5.41, 5.74) is 0.334. The maximum Gasteiger partial charge on any atom is 0.216 e. The summed E-state index contributed by atoms with van der Waals surface area (Å²) in [6.07, 6.45) is 1.30. The molecule has 1 aromatic carbocycles. The van der Waals surface area contributed by atoms with E-state index in [2.05, 4.69) is 25.9 Å². The number of benzene rings is 1. The number of allylic oxidation sites excluding steroid dienone is 1. The summed E-state index contributed by atoms with van der Waals surface area (Å²) in [7, 11) is 1.45. The first-order valence-corrected chi connectivity index (χ1v) is 5.18. The molecule has 8 heteroatoms. The fraction of sp³-hybridized carbons (Fsp3) is 0.0909. The van der Waals surface area contributed by atoms with E-state index in [4.69, 9.17) is 10.00 Å². The van der Waals surface area contributed by atoms with Gasteiger partial charge in [0.15, 0.2) is 0 Å². The van der Waals surface area contributed by atoms with Crippen LogP contribution in [0.4, 0.5) is 10.1 Å². The molecule has 96 valence electrons. The van der Waals surface area contributed by atoms with Gasteiger partial charge >= 0.3 is 0 Å². The van der Waals surface area contributed by atoms with Crippen LogP contribution in [0.15, 0.2) is 24.4 Å². The number of hydrogen-bond acceptors (Lipinski definition) is 6. The number of rotatable bonds is 4. The predicted octanol–water partition coefficient (Wildman–Crippen LogP) is 1.32. The van der Waals surface area contributed by atoms with Crippen molar-refractivity contribution < 1.29 is 9.13 Å². The van der Waals surface area contributed by atoms with Gasteiger partial charge in [0.25, 0.3) is 0 Å². The number of nitrogens with zero attached hydrogens (tertiary/aromatic N) is 4. The minimum Gasteiger partial charge on any atom is -0.497 e. The average Bonchev–Trinajstić information content (AvgIpc) is 2.95. The molecule has 0 aliphatic heterocycles. The van der Waals surface area contributed by atoms with E-state index in [1.165, 1.54) is 25.4 Å². The van der Waals surface area contributed by atoms with Crippen LogP contribution in [0.2, 0.25) is 0 Å². The highest BCUT2D eigenvalue weighted by Gasteiger charge is 2.07. The van der Waals surface area contributed by atoms with E-state index in [1.807, 2.05) is 6.07 Å². The number of aromatic amines is 1. The Labute approximate surface area is 107 Å². The molecular weight excluding hydrogens is 251 g/mol. The Kier molecular flexibility index (Phi) is 3.68. The minimum atomic E-state index is -0.499. The van der Waals surface area contributed by atoms with Gasteiger partial charge < -0.3 is 10.1 Å². The molecule has 1 heterocycles. The Morgan fingerprint density at radius 1 is 1.58 bits per heavy atom. The highest BCUT2D eigenvalue weighted by atomic mass is 19.1. The van der Waals surface area contributed by atoms with Crippen LogP contribution < -0.4 is 10.1 Å². The van der Waals surface area contributed by atoms with Gasteiger partial charge in [0.1, 0.15) is 23.2 Å². The van der Waals surface area contributed by atoms with Gasteiger partial charge in [0.05, 0.1) is 12.8 Å². The quantitative estimate of drug-likeness (QED) is 0.804. The Bertz CT molecular complexity index is 631. The monoisotopic (exact) mass is 260 g/mol. The molecule has 2 N–H and O–H groups in total. The second-order valence-corrected chi connectivity index (χ2v) is 3.40. The standard InChI is InChI=1S/C11H9FN6O/c1-19-8-2-3-10(9(12)4-8)14-6-7(5-13)11-15-17-18-16-11/h2-4,6,14H,1H3,(H,15,16,17,18). The zero-order valence-corrected chi connectivity index (χ0v) is 9.88. The smallest absolute Gasteiger partial charge is 0.216 e. The van der Waals surface area contributed by atoms with Gasteiger partial charge in [-0.1, -0.05) is 0 Å². The van der Waals surface area contributed by atoms with Crippen molar-refractivity contribution in [3.8, 4) is 11.8 Å². The van der Waals surface area contributed by atoms with Gasteiger partial charge in [-0.15, -0.1) is 10.2 Å². The van der Waals surface area contributed by atoms with Gasteiger partial charge in [-0.25, -0.2) is 4.39 Å². The highest BCUT2D eigenvalue weighted by molar-refractivity contribution is 5.74. The van der Waals surface area contributed by atoms with E-state index in [9.17, 15) is 4.39 Å². The summed E-state index contributed by atoms with van der Waals surface area (Å²) in [6, 6.07) is 6.21. The van der Waals surface area contributed by atoms with Crippen molar-refractivity contribution >= 4 is 11.3 Å². The van der Waals surface area contributed by atoms with E-state index in [0.717, 1.165) is 0 Å². The zero-order valence-electron chi connectivity index (χ0n) is 9.88. The van der Waals surface area contributed by atoms with E-state index in [1.54, 1.807) is 6.07 Å². The van der Waals surface area contributed by atoms with Crippen molar-refractivity contribution in [2.75, 3.05) is 12.4 Å². The number of tetrazole rings is 1. The molecule has 0 bridgehead atoms. The van der Waals surface area contributed by atoms with Gasteiger partial charge in [-0.05, 0) is 17.3 Å². The molecule has 7 nitrogen and oxygen atoms in total. The van der Waals surface area contributed by atoms with Crippen molar-refractivity contribution in [2.45, 2.75) is 0 Å². The van der Waals surface area contributed by atoms with E-state index >= 15 is 0 Å². The molecule has 1 aromatic heterocycles. The maximum atomic E-state index is 13.6. The van der Waals surface area contributed by atoms with Gasteiger partial charge in [-0.3, -0.25) is 0 Å². The summed E-state index contributed by atoms with van der Waals surface area (Å²) in [5, 5.41) is 24.5. The summed E-state index contributed by atoms with van der Waals surface area (Å²) in [4.78, 5) is 0. The third-order valence-electron chi connectivity index (χ3n) is 2.25. The number of methoxy groups -OCH3 is 1. The Morgan fingerprint density at radius 3 is 3.00 bits per heavy atom. The molecule has 0 aliphatic rings. The lowest BCUT2D eigenvalue weighted by Gasteiger charge is -2.05. The van der Waals surface area contributed by atoms with Crippen LogP contribution in [0.3, 0.4) is 0 Å². The molecular formula is C11H9FN6O. The Balaban J connectivity index is 2.20. The van der Waals surface area contributed by atoms with Crippen molar-refractivity contribution in [1.82, 2.24) is 20.6 Å². The SMILES string of the molecule is COc1ccc(NC=C(C#N)c2nn[nH]n2)c(F)c1. The topological polar surface area (TPSA) is 99.5 Å². The lowest BCUT2D eigenvalue weighted by atomic mass is 10.2. The lowest BCUT2D eigenvalue weighted by Crippen LogP contribution is -1.96. The van der Waals surface area contributed by atoms with Crippen molar-refractivity contribution in [3.05, 3.63) is 36.0 Å². The predicted molar refractivity (Wildman–Crippen MR) is 64.3 cm³/mol. The second-order valence-electron chi connectivity index (χ2n) is 3.40. The minimum absolute atomic E-state index is 0.129. The van der Waals surface area contributed by atoms with Crippen LogP contribution in [0.25, 0.3) is 5.57 Å². The van der Waals surface area contributed by atoms with Crippen LogP contribution in [0, 0.1) is 17.1 Å². The molecule has 0 radical (unpaired) electrons. The number of aromatic nitrogens is 4. The molecule has 0 atom stereocenters. The Morgan fingerprint density at radius 2 is 2.42 bits per heavy atom. The number of nitrogens with one attached hydrogen (secondary N) is 2. The number of H-pyrrole nitrogens is 1. The molecule has 0 saturated carbocycles. The van der Waals surface area contributed by atoms with Crippen LogP contribution in [0.5, 0.6) is 5.75 Å². The van der Waals surface area contributed by atoms with Crippen molar-refractivity contribution in [2.24, 2.45) is 0 Å². The molecule has 0 unspecified atom stereocenters. The van der Waals surface area contributed by atoms with Crippen molar-refractivity contribution in [3.63, 3.8) is 0 Å². The number of anilines is 1. The van der Waals surface area contributed by atoms with Crippen LogP contribution in [-0.2, 0) is 0 Å². The van der Waals surface area contributed by atoms with Crippen LogP contribution in [-0.4, -0.2) is 27.7 Å². The average molecular weight is 260 g/mol. The molecule has 2 aromatic rings. The van der Waals surface area contributed by atoms with Crippen molar-refractivity contribution in [1.29, 1.82) is 5.26 Å². The Hall–Kier alpha value is -2.95. The first kappa shape index (κ1) is 12.5. The molecule has 2 rings (SSSR count). The second kappa shape index (κ2) is 5.59. The lowest BCUT2D eigenvalue weighted by molar-refractivity contribution is 0.411. The molecule has 0 amide bonds. The number of nitriles is 1. The summed E-state index contributed by atoms with van der Waals surface area (Å²) < 4.78 is 18.5. The number of hydrogen-bond donors (Lipinski definition) is 2. The largest absolute Gasteiger partial charge is 0.497 e. The fourth-order valence-electron chi connectivity index (χ4n) is 1.31. The first-order valence-electron chi connectivity index (χ1n) is 5.18. The van der Waals surface area contributed by atoms with E-state index in [-0.39, 0.29) is 17.1 Å². The highest BCUT2D eigenvalue weighted by Crippen LogP contribution is 2.20. The summed E-state index contributed by atoms with van der Waals surface area (Å²) >= 11 is 0. The van der Waals surface area contributed by atoms with E-state index in [0.29, 0.717) is 5.75 Å². The number of halogens is 1. The molecule has 0 fully saturated rings. The maximum absolute atomic E-state index is 13.6. The summed E-state index contributed by atoms with van der Waals surface area (Å²) in [6.45, 7) is 0. The molecule has 0 saturated heterocycles. The van der Waals surface area contributed by atoms with Gasteiger partial charge in [-0.2, -0.15) is 10.5 Å². The molecule has 0 aliphatic carbocycles. The third kappa shape index (κ3) is 2.84. The van der Waals surface area contributed by atoms with Crippen LogP contribution >= 0.6 is 0 Å². The first-order chi connectivity index (χ1) is 9.24. The fourth-order valence-corrected chi connectivity index (χ4v) is 1.31. The third-order valence-corrected chi connectivity index (χ3v) is 2.25. The van der Waals surface area contributed by atoms with Crippen LogP contribution in [0.1, 0.15) is 5.82 Å². The van der Waals surface area contributed by atoms with Gasteiger partial charge in [0.2, 0.25) is 5.82 Å². The zero-order chi connectivity index (χ0) is 13.7. The van der Waals surface area contributed by atoms with Gasteiger partial charge in [0, 0.05) is 12.3 Å². The molecule has 19 heavy (non-hydrogen) atoms. The normalized spacial score (nSPS) is 10.9. The molecule has 0 spiro atoms. The number of ether oxygens (including phenoxy) is 1.